The highest BCUT2D eigenvalue weighted by molar-refractivity contribution is 5.63. The summed E-state index contributed by atoms with van der Waals surface area (Å²) in [6.07, 6.45) is 5.03. The first-order valence-electron chi connectivity index (χ1n) is 9.49. The van der Waals surface area contributed by atoms with Crippen molar-refractivity contribution in [3.8, 4) is 5.75 Å². The van der Waals surface area contributed by atoms with E-state index in [1.807, 2.05) is 0 Å². The number of rotatable bonds is 4. The van der Waals surface area contributed by atoms with Gasteiger partial charge in [0, 0.05) is 11.5 Å². The normalized spacial score (nSPS) is 31.4. The average molecular weight is 350 g/mol. The molecular formula is C20H28F2N2O. The number of anilines is 1. The molecule has 0 spiro atoms. The third kappa shape index (κ3) is 2.71. The monoisotopic (exact) mass is 350 g/mol. The minimum absolute atomic E-state index is 0.261. The van der Waals surface area contributed by atoms with Crippen molar-refractivity contribution in [2.45, 2.75) is 56.4 Å². The SMILES string of the molecule is COc1cc2c(cc1NCC(F)F)C[C@@H]1[C@H]3CCCC[C@]23CCN1C. The number of ether oxygens (including phenoxy) is 1. The Morgan fingerprint density at radius 2 is 2.16 bits per heavy atom. The highest BCUT2D eigenvalue weighted by Crippen LogP contribution is 2.56. The topological polar surface area (TPSA) is 24.5 Å². The molecule has 0 aromatic heterocycles. The summed E-state index contributed by atoms with van der Waals surface area (Å²) in [7, 11) is 3.87. The second kappa shape index (κ2) is 6.42. The van der Waals surface area contributed by atoms with Crippen molar-refractivity contribution < 1.29 is 13.5 Å². The van der Waals surface area contributed by atoms with Gasteiger partial charge in [-0.1, -0.05) is 12.8 Å². The minimum Gasteiger partial charge on any atom is -0.495 e. The van der Waals surface area contributed by atoms with Crippen LogP contribution in [0.25, 0.3) is 0 Å². The number of hydrogen-bond acceptors (Lipinski definition) is 3. The number of likely N-dealkylation sites (tertiary alicyclic amines) is 1. The Morgan fingerprint density at radius 1 is 1.32 bits per heavy atom. The first-order valence-corrected chi connectivity index (χ1v) is 9.49. The number of benzene rings is 1. The molecule has 2 fully saturated rings. The number of hydrogen-bond donors (Lipinski definition) is 1. The predicted octanol–water partition coefficient (Wildman–Crippen LogP) is 4.06. The van der Waals surface area contributed by atoms with Gasteiger partial charge in [0.25, 0.3) is 6.43 Å². The van der Waals surface area contributed by atoms with Crippen LogP contribution >= 0.6 is 0 Å². The van der Waals surface area contributed by atoms with Gasteiger partial charge in [-0.3, -0.25) is 0 Å². The number of likely N-dealkylation sites (N-methyl/N-ethyl adjacent to an activating group) is 1. The van der Waals surface area contributed by atoms with Crippen LogP contribution in [0.4, 0.5) is 14.5 Å². The number of methoxy groups -OCH3 is 1. The van der Waals surface area contributed by atoms with Crippen LogP contribution in [0.5, 0.6) is 5.75 Å². The summed E-state index contributed by atoms with van der Waals surface area (Å²) in [4.78, 5) is 2.52. The van der Waals surface area contributed by atoms with Crippen molar-refractivity contribution in [1.29, 1.82) is 0 Å². The highest BCUT2D eigenvalue weighted by atomic mass is 19.3. The van der Waals surface area contributed by atoms with Crippen LogP contribution in [0, 0.1) is 5.92 Å². The lowest BCUT2D eigenvalue weighted by atomic mass is 9.52. The van der Waals surface area contributed by atoms with E-state index in [1.54, 1.807) is 7.11 Å². The number of piperidine rings is 1. The first kappa shape index (κ1) is 17.1. The van der Waals surface area contributed by atoms with Gasteiger partial charge in [0.15, 0.2) is 0 Å². The van der Waals surface area contributed by atoms with E-state index in [4.69, 9.17) is 4.74 Å². The van der Waals surface area contributed by atoms with E-state index in [9.17, 15) is 8.78 Å². The fourth-order valence-electron chi connectivity index (χ4n) is 5.73. The van der Waals surface area contributed by atoms with Gasteiger partial charge in [-0.25, -0.2) is 8.78 Å². The Balaban J connectivity index is 1.78. The van der Waals surface area contributed by atoms with E-state index in [-0.39, 0.29) is 12.0 Å². The Hall–Kier alpha value is -1.36. The summed E-state index contributed by atoms with van der Waals surface area (Å²) in [5.41, 5.74) is 3.72. The van der Waals surface area contributed by atoms with Crippen LogP contribution < -0.4 is 10.1 Å². The molecule has 3 atom stereocenters. The summed E-state index contributed by atoms with van der Waals surface area (Å²) in [6, 6.07) is 4.82. The molecule has 1 N–H and O–H groups in total. The van der Waals surface area contributed by atoms with Crippen LogP contribution in [-0.4, -0.2) is 44.6 Å². The van der Waals surface area contributed by atoms with E-state index >= 15 is 0 Å². The summed E-state index contributed by atoms with van der Waals surface area (Å²) in [5.74, 6) is 1.42. The molecule has 1 aromatic rings. The zero-order valence-corrected chi connectivity index (χ0v) is 15.2. The smallest absolute Gasteiger partial charge is 0.255 e. The molecule has 3 nitrogen and oxygen atoms in total. The Kier molecular flexibility index (Phi) is 4.38. The summed E-state index contributed by atoms with van der Waals surface area (Å²) in [5, 5.41) is 2.87. The number of halogens is 2. The second-order valence-electron chi connectivity index (χ2n) is 7.99. The first-order chi connectivity index (χ1) is 12.0. The highest BCUT2D eigenvalue weighted by Gasteiger charge is 2.53. The largest absolute Gasteiger partial charge is 0.495 e. The van der Waals surface area contributed by atoms with Gasteiger partial charge >= 0.3 is 0 Å². The summed E-state index contributed by atoms with van der Waals surface area (Å²) < 4.78 is 30.9. The summed E-state index contributed by atoms with van der Waals surface area (Å²) in [6.45, 7) is 0.806. The zero-order valence-electron chi connectivity index (χ0n) is 15.2. The second-order valence-corrected chi connectivity index (χ2v) is 7.99. The fourth-order valence-corrected chi connectivity index (χ4v) is 5.73. The Labute approximate surface area is 148 Å². The molecule has 1 saturated carbocycles. The average Bonchev–Trinajstić information content (AvgIpc) is 2.62. The molecule has 1 aliphatic heterocycles. The molecule has 25 heavy (non-hydrogen) atoms. The van der Waals surface area contributed by atoms with Crippen molar-refractivity contribution in [3.05, 3.63) is 23.3 Å². The van der Waals surface area contributed by atoms with Crippen molar-refractivity contribution in [3.63, 3.8) is 0 Å². The maximum Gasteiger partial charge on any atom is 0.255 e. The van der Waals surface area contributed by atoms with E-state index in [0.29, 0.717) is 17.5 Å². The summed E-state index contributed by atoms with van der Waals surface area (Å²) >= 11 is 0. The Morgan fingerprint density at radius 3 is 2.92 bits per heavy atom. The predicted molar refractivity (Wildman–Crippen MR) is 95.9 cm³/mol. The molecule has 0 amide bonds. The van der Waals surface area contributed by atoms with Gasteiger partial charge < -0.3 is 15.0 Å². The maximum absolute atomic E-state index is 12.6. The van der Waals surface area contributed by atoms with Crippen LogP contribution in [-0.2, 0) is 11.8 Å². The maximum atomic E-state index is 12.6. The Bertz CT molecular complexity index is 651. The standard InChI is InChI=1S/C20H28F2N2O/c1-24-8-7-20-6-4-3-5-14(20)17(24)10-13-9-16(23-12-19(21)22)18(25-2)11-15(13)20/h9,11,14,17,19,23H,3-8,10,12H2,1-2H3/t14-,17-,20-/m1/s1. The molecule has 3 aliphatic rings. The van der Waals surface area contributed by atoms with E-state index < -0.39 is 6.43 Å². The van der Waals surface area contributed by atoms with Gasteiger partial charge in [0.1, 0.15) is 5.75 Å². The fraction of sp³-hybridized carbons (Fsp3) is 0.700. The molecule has 1 aromatic carbocycles. The number of fused-ring (bicyclic) bond motifs is 1. The molecule has 4 rings (SSSR count). The van der Waals surface area contributed by atoms with Crippen LogP contribution in [0.1, 0.15) is 43.2 Å². The van der Waals surface area contributed by atoms with Crippen molar-refractivity contribution in [2.75, 3.05) is 32.6 Å². The van der Waals surface area contributed by atoms with E-state index in [2.05, 4.69) is 29.4 Å². The van der Waals surface area contributed by atoms with Crippen molar-refractivity contribution in [2.24, 2.45) is 5.92 Å². The van der Waals surface area contributed by atoms with Crippen LogP contribution in [0.2, 0.25) is 0 Å². The lowest BCUT2D eigenvalue weighted by Gasteiger charge is -2.58. The molecule has 5 heteroatoms. The lowest BCUT2D eigenvalue weighted by molar-refractivity contribution is 0.00276. The van der Waals surface area contributed by atoms with Crippen LogP contribution in [0.15, 0.2) is 12.1 Å². The quantitative estimate of drug-likeness (QED) is 0.886. The van der Waals surface area contributed by atoms with Gasteiger partial charge in [-0.2, -0.15) is 0 Å². The van der Waals surface area contributed by atoms with Crippen molar-refractivity contribution in [1.82, 2.24) is 4.90 Å². The zero-order chi connectivity index (χ0) is 17.6. The molecule has 0 unspecified atom stereocenters. The molecule has 138 valence electrons. The molecule has 1 heterocycles. The minimum atomic E-state index is -2.37. The van der Waals surface area contributed by atoms with Gasteiger partial charge in [0.05, 0.1) is 19.3 Å². The molecule has 1 saturated heterocycles. The number of alkyl halides is 2. The van der Waals surface area contributed by atoms with Crippen LogP contribution in [0.3, 0.4) is 0 Å². The van der Waals surface area contributed by atoms with E-state index in [0.717, 1.165) is 18.9 Å². The van der Waals surface area contributed by atoms with Gasteiger partial charge in [-0.05, 0) is 68.5 Å². The van der Waals surface area contributed by atoms with Gasteiger partial charge in [-0.15, -0.1) is 0 Å². The molecule has 2 aliphatic carbocycles. The molecular weight excluding hydrogens is 322 g/mol. The van der Waals surface area contributed by atoms with Crippen molar-refractivity contribution >= 4 is 5.69 Å². The van der Waals surface area contributed by atoms with E-state index in [1.165, 1.54) is 43.2 Å². The molecule has 0 radical (unpaired) electrons. The number of nitrogens with one attached hydrogen (secondary N) is 1. The lowest BCUT2D eigenvalue weighted by Crippen LogP contribution is -2.59. The third-order valence-electron chi connectivity index (χ3n) is 6.88. The number of nitrogens with zero attached hydrogens (tertiary/aromatic N) is 1. The third-order valence-corrected chi connectivity index (χ3v) is 6.88. The van der Waals surface area contributed by atoms with Gasteiger partial charge in [0.2, 0.25) is 0 Å². The molecule has 2 bridgehead atoms.